The zero-order chi connectivity index (χ0) is 35.8. The van der Waals surface area contributed by atoms with E-state index in [4.69, 9.17) is 0 Å². The van der Waals surface area contributed by atoms with Crippen LogP contribution in [0.4, 0.5) is 0 Å². The Bertz CT molecular complexity index is 1890. The fourth-order valence-corrected chi connectivity index (χ4v) is 13.8. The van der Waals surface area contributed by atoms with Gasteiger partial charge in [0, 0.05) is 28.8 Å². The van der Waals surface area contributed by atoms with Crippen LogP contribution < -0.4 is 0 Å². The average molecular weight is 730 g/mol. The summed E-state index contributed by atoms with van der Waals surface area (Å²) in [5, 5.41) is 25.1. The Morgan fingerprint density at radius 3 is 2.35 bits per heavy atom. The number of aliphatic hydroxyl groups excluding tert-OH is 1. The summed E-state index contributed by atoms with van der Waals surface area (Å²) in [4.78, 5) is 15.3. The van der Waals surface area contributed by atoms with Crippen LogP contribution in [0.15, 0.2) is 60.2 Å². The van der Waals surface area contributed by atoms with Gasteiger partial charge in [-0.1, -0.05) is 48.9 Å². The van der Waals surface area contributed by atoms with Crippen molar-refractivity contribution in [1.82, 2.24) is 4.31 Å². The molecule has 7 aliphatic carbocycles. The molecule has 8 heteroatoms. The van der Waals surface area contributed by atoms with Gasteiger partial charge >= 0.3 is 0 Å². The maximum atomic E-state index is 14.6. The first-order valence-corrected chi connectivity index (χ1v) is 22.1. The van der Waals surface area contributed by atoms with Gasteiger partial charge in [-0.3, -0.25) is 4.79 Å². The van der Waals surface area contributed by atoms with Crippen molar-refractivity contribution in [3.05, 3.63) is 81.7 Å². The first-order chi connectivity index (χ1) is 24.2. The molecule has 2 N–H and O–H groups in total. The van der Waals surface area contributed by atoms with E-state index in [2.05, 4.69) is 32.1 Å². The van der Waals surface area contributed by atoms with Gasteiger partial charge in [0.05, 0.1) is 22.8 Å². The molecule has 2 aromatic carbocycles. The van der Waals surface area contributed by atoms with Gasteiger partial charge in [-0.25, -0.2) is 8.42 Å². The van der Waals surface area contributed by atoms with E-state index in [1.165, 1.54) is 42.4 Å². The molecular formula is C43H55NO5S2. The van der Waals surface area contributed by atoms with E-state index in [1.807, 2.05) is 36.4 Å². The molecule has 1 aromatic heterocycles. The van der Waals surface area contributed by atoms with Crippen molar-refractivity contribution in [2.75, 3.05) is 19.3 Å². The molecule has 7 aliphatic rings. The Kier molecular flexibility index (Phi) is 9.22. The summed E-state index contributed by atoms with van der Waals surface area (Å²) in [5.41, 5.74) is 1.79. The number of aliphatic hydroxyl groups is 2. The summed E-state index contributed by atoms with van der Waals surface area (Å²) in [7, 11) is -3.60. The van der Waals surface area contributed by atoms with Gasteiger partial charge in [-0.15, -0.1) is 11.3 Å². The largest absolute Gasteiger partial charge is 0.393 e. The molecule has 5 fully saturated rings. The molecule has 6 nitrogen and oxygen atoms in total. The number of rotatable bonds is 7. The minimum Gasteiger partial charge on any atom is -0.393 e. The van der Waals surface area contributed by atoms with Crippen LogP contribution in [0.5, 0.6) is 0 Å². The highest BCUT2D eigenvalue weighted by atomic mass is 32.2. The van der Waals surface area contributed by atoms with Gasteiger partial charge in [0.15, 0.2) is 0 Å². The third-order valence-electron chi connectivity index (χ3n) is 14.1. The Morgan fingerprint density at radius 2 is 1.67 bits per heavy atom. The predicted octanol–water partition coefficient (Wildman–Crippen LogP) is 8.65. The topological polar surface area (TPSA) is 94.9 Å². The Balaban J connectivity index is 1.18. The number of thiophene rings is 1. The normalized spacial score (nSPS) is 35.3. The van der Waals surface area contributed by atoms with E-state index < -0.39 is 27.1 Å². The minimum absolute atomic E-state index is 0.0143. The van der Waals surface area contributed by atoms with E-state index >= 15 is 0 Å². The molecular weight excluding hydrogens is 675 g/mol. The predicted molar refractivity (Wildman–Crippen MR) is 206 cm³/mol. The lowest BCUT2D eigenvalue weighted by Crippen LogP contribution is -2.57. The molecule has 51 heavy (non-hydrogen) atoms. The van der Waals surface area contributed by atoms with Gasteiger partial charge in [0.25, 0.3) is 0 Å². The highest BCUT2D eigenvalue weighted by Gasteiger charge is 2.59. The van der Waals surface area contributed by atoms with Crippen molar-refractivity contribution >= 4 is 37.2 Å². The summed E-state index contributed by atoms with van der Waals surface area (Å²) in [6, 6.07) is 16.2. The Labute approximate surface area is 308 Å². The molecule has 4 atom stereocenters. The van der Waals surface area contributed by atoms with E-state index in [9.17, 15) is 23.4 Å². The molecule has 10 rings (SSSR count). The van der Waals surface area contributed by atoms with Crippen LogP contribution in [-0.2, 0) is 16.4 Å². The summed E-state index contributed by atoms with van der Waals surface area (Å²) in [6.45, 7) is 4.87. The van der Waals surface area contributed by atoms with Gasteiger partial charge in [-0.05, 0) is 154 Å². The number of hydrogen-bond acceptors (Lipinski definition) is 6. The molecule has 0 unspecified atom stereocenters. The number of nitrogens with zero attached hydrogens (tertiary/aromatic N) is 1. The maximum absolute atomic E-state index is 14.6. The van der Waals surface area contributed by atoms with Gasteiger partial charge in [0.2, 0.25) is 15.8 Å². The molecule has 0 amide bonds. The summed E-state index contributed by atoms with van der Waals surface area (Å²) in [6.07, 6.45) is 14.7. The molecule has 274 valence electrons. The van der Waals surface area contributed by atoms with Crippen LogP contribution in [0.2, 0.25) is 0 Å². The monoisotopic (exact) mass is 729 g/mol. The molecule has 0 radical (unpaired) electrons. The molecule has 3 aromatic rings. The van der Waals surface area contributed by atoms with E-state index in [0.717, 1.165) is 53.3 Å². The minimum atomic E-state index is -3.60. The van der Waals surface area contributed by atoms with Gasteiger partial charge in [0.1, 0.15) is 0 Å². The van der Waals surface area contributed by atoms with Gasteiger partial charge in [-0.2, -0.15) is 4.31 Å². The third kappa shape index (κ3) is 6.71. The first kappa shape index (κ1) is 35.7. The number of hydrogen-bond donors (Lipinski definition) is 2. The van der Waals surface area contributed by atoms with E-state index in [-0.39, 0.29) is 23.7 Å². The average Bonchev–Trinajstić information content (AvgIpc) is 3.60. The third-order valence-corrected chi connectivity index (χ3v) is 16.5. The van der Waals surface area contributed by atoms with Crippen molar-refractivity contribution in [3.63, 3.8) is 0 Å². The van der Waals surface area contributed by atoms with Crippen LogP contribution in [0, 0.1) is 28.6 Å². The van der Waals surface area contributed by atoms with Crippen LogP contribution in [0.25, 0.3) is 10.1 Å². The van der Waals surface area contributed by atoms with Crippen molar-refractivity contribution in [2.24, 2.45) is 28.6 Å². The van der Waals surface area contributed by atoms with E-state index in [0.29, 0.717) is 66.8 Å². The zero-order valence-electron chi connectivity index (χ0n) is 30.6. The summed E-state index contributed by atoms with van der Waals surface area (Å²) < 4.78 is 30.2. The molecule has 0 spiro atoms. The number of allylic oxidation sites excluding steroid dienone is 2. The van der Waals surface area contributed by atoms with E-state index in [1.54, 1.807) is 4.31 Å². The number of ketones is 1. The number of carbonyl (C=O) groups is 1. The molecule has 0 aliphatic heterocycles. The quantitative estimate of drug-likeness (QED) is 0.188. The Hall–Kier alpha value is -2.36. The molecule has 0 saturated heterocycles. The lowest BCUT2D eigenvalue weighted by molar-refractivity contribution is -0.0919. The maximum Gasteiger partial charge on any atom is 0.211 e. The summed E-state index contributed by atoms with van der Waals surface area (Å²) in [5.74, 6) is 1.97. The smallest absolute Gasteiger partial charge is 0.211 e. The second-order valence-electron chi connectivity index (χ2n) is 17.9. The SMILES string of the molecule is CC1=CCC[C@@]2(C)[C@@H](CC[C@@]2(O)CN(CC23CC4CC(CC(C4)C2)C3)S(C)(=O)=O)c2ccc(cc2C(=O)c2cc3ccccc3s2)C[C@@H](O)CC1. The van der Waals surface area contributed by atoms with Crippen LogP contribution in [-0.4, -0.2) is 59.8 Å². The van der Waals surface area contributed by atoms with Crippen molar-refractivity contribution in [1.29, 1.82) is 0 Å². The van der Waals surface area contributed by atoms with Crippen molar-refractivity contribution in [3.8, 4) is 0 Å². The fraction of sp³-hybridized carbons (Fsp3) is 0.605. The van der Waals surface area contributed by atoms with Crippen molar-refractivity contribution < 1.29 is 23.4 Å². The highest BCUT2D eigenvalue weighted by molar-refractivity contribution is 7.88. The second kappa shape index (κ2) is 13.2. The molecule has 5 saturated carbocycles. The number of fused-ring (bicyclic) bond motifs is 9. The van der Waals surface area contributed by atoms with Gasteiger partial charge < -0.3 is 10.2 Å². The lowest BCUT2D eigenvalue weighted by Gasteiger charge is -2.58. The standard InChI is InChI=1S/C43H55NO5S2/c1-28-7-6-15-41(2)37(14-16-43(41,47)27-44(51(3,48)49)26-42-23-30-17-31(24-42)19-32(18-30)25-42)35-13-11-29(20-34(45)12-10-28)21-36(35)40(46)39-22-33-8-4-5-9-38(33)50-39/h4-5,7-9,11,13,21-22,30-32,34,37,45,47H,6,10,12,14-20,23-27H2,1-3H3/t30?,31?,32?,34-,37-,41-,42?,43+/m0/s1. The number of sulfonamides is 1. The number of carbonyl (C=O) groups excluding carboxylic acids is 1. The zero-order valence-corrected chi connectivity index (χ0v) is 32.2. The van der Waals surface area contributed by atoms with Crippen LogP contribution in [0.3, 0.4) is 0 Å². The lowest BCUT2D eigenvalue weighted by atomic mass is 9.49. The molecule has 1 heterocycles. The van der Waals surface area contributed by atoms with Crippen LogP contribution in [0.1, 0.15) is 123 Å². The fourth-order valence-electron chi connectivity index (χ4n) is 11.9. The first-order valence-electron chi connectivity index (χ1n) is 19.4. The summed E-state index contributed by atoms with van der Waals surface area (Å²) >= 11 is 1.51. The van der Waals surface area contributed by atoms with Crippen molar-refractivity contribution in [2.45, 2.75) is 115 Å². The highest BCUT2D eigenvalue weighted by Crippen LogP contribution is 2.62. The second-order valence-corrected chi connectivity index (χ2v) is 20.9. The molecule has 6 bridgehead atoms. The Morgan fingerprint density at radius 1 is 0.961 bits per heavy atom. The number of benzene rings is 2. The van der Waals surface area contributed by atoms with Crippen LogP contribution >= 0.6 is 11.3 Å².